The maximum absolute atomic E-state index is 13.2. The van der Waals surface area contributed by atoms with Crippen LogP contribution in [0.2, 0.25) is 0 Å². The predicted octanol–water partition coefficient (Wildman–Crippen LogP) is 3.81. The molecule has 3 aromatic rings. The summed E-state index contributed by atoms with van der Waals surface area (Å²) in [5.41, 5.74) is 1.68. The van der Waals surface area contributed by atoms with E-state index in [0.29, 0.717) is 28.0 Å². The summed E-state index contributed by atoms with van der Waals surface area (Å²) >= 11 is 0. The van der Waals surface area contributed by atoms with Gasteiger partial charge in [-0.15, -0.1) is 0 Å². The second-order valence-electron chi connectivity index (χ2n) is 7.94. The average Bonchev–Trinajstić information content (AvgIpc) is 3.13. The summed E-state index contributed by atoms with van der Waals surface area (Å²) in [6.07, 6.45) is 0. The standard InChI is InChI=1S/C27H23NO7/c1-34-21-8-4-6-19(14-21)24(30)22-23(18-5-3-7-20(29)13-18)28(26(32)25(22)31)15-16-9-11-17(12-10-16)27(33)35-2/h3-14,23,29-30H,15H2,1-2H3/b24-22+. The van der Waals surface area contributed by atoms with E-state index in [1.54, 1.807) is 60.7 Å². The van der Waals surface area contributed by atoms with Gasteiger partial charge in [-0.1, -0.05) is 36.4 Å². The highest BCUT2D eigenvalue weighted by Gasteiger charge is 2.46. The lowest BCUT2D eigenvalue weighted by atomic mass is 9.95. The summed E-state index contributed by atoms with van der Waals surface area (Å²) in [6, 6.07) is 18.2. The number of methoxy groups -OCH3 is 2. The van der Waals surface area contributed by atoms with Gasteiger partial charge < -0.3 is 24.6 Å². The molecule has 0 bridgehead atoms. The topological polar surface area (TPSA) is 113 Å². The van der Waals surface area contributed by atoms with Crippen molar-refractivity contribution in [1.82, 2.24) is 4.90 Å². The minimum Gasteiger partial charge on any atom is -0.508 e. The van der Waals surface area contributed by atoms with Gasteiger partial charge in [0.25, 0.3) is 11.7 Å². The van der Waals surface area contributed by atoms with Crippen molar-refractivity contribution in [3.8, 4) is 11.5 Å². The number of hydrogen-bond acceptors (Lipinski definition) is 7. The molecule has 8 nitrogen and oxygen atoms in total. The van der Waals surface area contributed by atoms with Gasteiger partial charge in [0.05, 0.1) is 31.4 Å². The van der Waals surface area contributed by atoms with Gasteiger partial charge in [-0.05, 0) is 47.5 Å². The summed E-state index contributed by atoms with van der Waals surface area (Å²) in [4.78, 5) is 39.4. The van der Waals surface area contributed by atoms with Gasteiger partial charge in [0.2, 0.25) is 0 Å². The summed E-state index contributed by atoms with van der Waals surface area (Å²) in [7, 11) is 2.77. The van der Waals surface area contributed by atoms with E-state index >= 15 is 0 Å². The first kappa shape index (κ1) is 23.6. The van der Waals surface area contributed by atoms with Crippen LogP contribution in [0.15, 0.2) is 78.4 Å². The van der Waals surface area contributed by atoms with Gasteiger partial charge in [-0.25, -0.2) is 4.79 Å². The van der Waals surface area contributed by atoms with Gasteiger partial charge in [-0.3, -0.25) is 9.59 Å². The molecule has 1 amide bonds. The lowest BCUT2D eigenvalue weighted by Gasteiger charge is -2.25. The second-order valence-corrected chi connectivity index (χ2v) is 7.94. The minimum atomic E-state index is -0.950. The number of ether oxygens (including phenoxy) is 2. The Labute approximate surface area is 201 Å². The van der Waals surface area contributed by atoms with E-state index in [9.17, 15) is 24.6 Å². The monoisotopic (exact) mass is 473 g/mol. The van der Waals surface area contributed by atoms with Crippen LogP contribution in [-0.4, -0.2) is 47.0 Å². The molecule has 178 valence electrons. The molecule has 2 N–H and O–H groups in total. The fraction of sp³-hybridized carbons (Fsp3) is 0.148. The number of carbonyl (C=O) groups excluding carboxylic acids is 3. The van der Waals surface area contributed by atoms with E-state index in [2.05, 4.69) is 0 Å². The van der Waals surface area contributed by atoms with Crippen molar-refractivity contribution in [1.29, 1.82) is 0 Å². The molecule has 1 fully saturated rings. The van der Waals surface area contributed by atoms with Crippen molar-refractivity contribution in [2.24, 2.45) is 0 Å². The van der Waals surface area contributed by atoms with E-state index in [1.807, 2.05) is 0 Å². The maximum Gasteiger partial charge on any atom is 0.337 e. The zero-order chi connectivity index (χ0) is 25.1. The molecule has 3 aromatic carbocycles. The van der Waals surface area contributed by atoms with Crippen molar-refractivity contribution >= 4 is 23.4 Å². The van der Waals surface area contributed by atoms with Crippen molar-refractivity contribution in [2.45, 2.75) is 12.6 Å². The van der Waals surface area contributed by atoms with E-state index in [-0.39, 0.29) is 23.6 Å². The molecule has 4 rings (SSSR count). The smallest absolute Gasteiger partial charge is 0.337 e. The van der Waals surface area contributed by atoms with Gasteiger partial charge in [-0.2, -0.15) is 0 Å². The van der Waals surface area contributed by atoms with Crippen LogP contribution in [0.5, 0.6) is 11.5 Å². The quantitative estimate of drug-likeness (QED) is 0.242. The largest absolute Gasteiger partial charge is 0.508 e. The second kappa shape index (κ2) is 9.72. The van der Waals surface area contributed by atoms with E-state index < -0.39 is 23.7 Å². The molecule has 1 aliphatic heterocycles. The number of phenols is 1. The number of phenolic OH excluding ortho intramolecular Hbond substituents is 1. The number of hydrogen-bond donors (Lipinski definition) is 2. The molecule has 0 spiro atoms. The van der Waals surface area contributed by atoms with Crippen molar-refractivity contribution in [3.63, 3.8) is 0 Å². The average molecular weight is 473 g/mol. The lowest BCUT2D eigenvalue weighted by molar-refractivity contribution is -0.140. The number of carbonyl (C=O) groups is 3. The molecule has 0 radical (unpaired) electrons. The minimum absolute atomic E-state index is 0.0290. The van der Waals surface area contributed by atoms with E-state index in [0.717, 1.165) is 0 Å². The third-order valence-electron chi connectivity index (χ3n) is 5.80. The van der Waals surface area contributed by atoms with Crippen LogP contribution in [0.4, 0.5) is 0 Å². The van der Waals surface area contributed by atoms with Crippen molar-refractivity contribution in [3.05, 3.63) is 101 Å². The number of Topliss-reactive ketones (excluding diaryl/α,β-unsaturated/α-hetero) is 1. The number of rotatable bonds is 6. The first-order valence-electron chi connectivity index (χ1n) is 10.7. The molecule has 8 heteroatoms. The number of amides is 1. The highest BCUT2D eigenvalue weighted by Crippen LogP contribution is 2.41. The van der Waals surface area contributed by atoms with E-state index in [4.69, 9.17) is 9.47 Å². The third-order valence-corrected chi connectivity index (χ3v) is 5.80. The fourth-order valence-electron chi connectivity index (χ4n) is 4.07. The van der Waals surface area contributed by atoms with Gasteiger partial charge >= 0.3 is 5.97 Å². The molecule has 1 saturated heterocycles. The number of aromatic hydroxyl groups is 1. The molecular weight excluding hydrogens is 450 g/mol. The molecule has 1 aliphatic rings. The van der Waals surface area contributed by atoms with Crippen LogP contribution in [0, 0.1) is 0 Å². The zero-order valence-corrected chi connectivity index (χ0v) is 19.1. The van der Waals surface area contributed by atoms with E-state index in [1.165, 1.54) is 31.3 Å². The highest BCUT2D eigenvalue weighted by molar-refractivity contribution is 6.46. The van der Waals surface area contributed by atoms with Crippen LogP contribution < -0.4 is 4.74 Å². The normalized spacial score (nSPS) is 16.9. The number of benzene rings is 3. The Morgan fingerprint density at radius 1 is 0.943 bits per heavy atom. The zero-order valence-electron chi connectivity index (χ0n) is 19.1. The fourth-order valence-corrected chi connectivity index (χ4v) is 4.07. The first-order valence-corrected chi connectivity index (χ1v) is 10.7. The number of ketones is 1. The van der Waals surface area contributed by atoms with Crippen LogP contribution in [0.1, 0.15) is 33.1 Å². The Kier molecular flexibility index (Phi) is 6.55. The maximum atomic E-state index is 13.2. The Morgan fingerprint density at radius 3 is 2.31 bits per heavy atom. The number of nitrogens with zero attached hydrogens (tertiary/aromatic N) is 1. The summed E-state index contributed by atoms with van der Waals surface area (Å²) in [5, 5.41) is 21.2. The van der Waals surface area contributed by atoms with Gasteiger partial charge in [0, 0.05) is 12.1 Å². The molecule has 0 saturated carbocycles. The molecule has 0 aromatic heterocycles. The van der Waals surface area contributed by atoms with Crippen LogP contribution in [0.25, 0.3) is 5.76 Å². The number of esters is 1. The molecule has 1 unspecified atom stereocenters. The van der Waals surface area contributed by atoms with Gasteiger partial charge in [0.15, 0.2) is 0 Å². The Hall–Kier alpha value is -4.59. The first-order chi connectivity index (χ1) is 16.8. The van der Waals surface area contributed by atoms with Crippen LogP contribution >= 0.6 is 0 Å². The molecule has 35 heavy (non-hydrogen) atoms. The number of aliphatic hydroxyl groups is 1. The van der Waals surface area contributed by atoms with Crippen molar-refractivity contribution in [2.75, 3.05) is 14.2 Å². The highest BCUT2D eigenvalue weighted by atomic mass is 16.5. The van der Waals surface area contributed by atoms with Gasteiger partial charge in [0.1, 0.15) is 17.3 Å². The van der Waals surface area contributed by atoms with Crippen LogP contribution in [-0.2, 0) is 20.9 Å². The molecule has 1 atom stereocenters. The molecule has 1 heterocycles. The van der Waals surface area contributed by atoms with Crippen molar-refractivity contribution < 1.29 is 34.1 Å². The Balaban J connectivity index is 1.81. The predicted molar refractivity (Wildman–Crippen MR) is 127 cm³/mol. The Bertz CT molecular complexity index is 1330. The molecule has 0 aliphatic carbocycles. The van der Waals surface area contributed by atoms with Crippen LogP contribution in [0.3, 0.4) is 0 Å². The lowest BCUT2D eigenvalue weighted by Crippen LogP contribution is -2.29. The summed E-state index contributed by atoms with van der Waals surface area (Å²) in [5.74, 6) is -2.04. The molecular formula is C27H23NO7. The number of aliphatic hydroxyl groups excluding tert-OH is 1. The summed E-state index contributed by atoms with van der Waals surface area (Å²) in [6.45, 7) is 0.0290. The SMILES string of the molecule is COC(=O)c1ccc(CN2C(=O)C(=O)/C(=C(/O)c3cccc(OC)c3)C2c2cccc(O)c2)cc1. The Morgan fingerprint density at radius 2 is 1.66 bits per heavy atom. The third kappa shape index (κ3) is 4.59. The number of likely N-dealkylation sites (tertiary alicyclic amines) is 1. The summed E-state index contributed by atoms with van der Waals surface area (Å²) < 4.78 is 9.93.